The Bertz CT molecular complexity index is 1270. The van der Waals surface area contributed by atoms with E-state index in [4.69, 9.17) is 16.7 Å². The lowest BCUT2D eigenvalue weighted by atomic mass is 9.89. The molecule has 2 amide bonds. The van der Waals surface area contributed by atoms with Crippen LogP contribution in [-0.2, 0) is 16.9 Å². The Labute approximate surface area is 196 Å². The Hall–Kier alpha value is -4.29. The topological polar surface area (TPSA) is 151 Å². The molecule has 0 fully saturated rings. The number of amides is 2. The van der Waals surface area contributed by atoms with Gasteiger partial charge in [0.2, 0.25) is 0 Å². The molecule has 0 aromatic heterocycles. The third-order valence-electron chi connectivity index (χ3n) is 5.14. The number of aliphatic imine (C=N–C) groups is 1. The number of rotatable bonds is 5. The third-order valence-corrected chi connectivity index (χ3v) is 5.14. The first kappa shape index (κ1) is 24.4. The lowest BCUT2D eigenvalue weighted by molar-refractivity contribution is -0.123. The summed E-state index contributed by atoms with van der Waals surface area (Å²) in [6.45, 7) is 1.61. The van der Waals surface area contributed by atoms with E-state index in [1.807, 2.05) is 0 Å². The first-order valence-electron chi connectivity index (χ1n) is 10.3. The van der Waals surface area contributed by atoms with Crippen LogP contribution >= 0.6 is 0 Å². The molecule has 0 heterocycles. The van der Waals surface area contributed by atoms with Crippen molar-refractivity contribution in [1.82, 2.24) is 5.48 Å². The first-order valence-corrected chi connectivity index (χ1v) is 10.3. The fraction of sp³-hybridized carbons (Fsp3) is 0.115. The van der Waals surface area contributed by atoms with E-state index >= 15 is 0 Å². The second-order valence-electron chi connectivity index (χ2n) is 7.63. The molecule has 0 saturated carbocycles. The molecule has 1 atom stereocenters. The van der Waals surface area contributed by atoms with E-state index in [1.54, 1.807) is 60.7 Å². The van der Waals surface area contributed by atoms with Crippen LogP contribution in [-0.4, -0.2) is 27.8 Å². The van der Waals surface area contributed by atoms with Crippen molar-refractivity contribution in [3.8, 4) is 11.8 Å². The van der Waals surface area contributed by atoms with Crippen LogP contribution in [0.15, 0.2) is 77.8 Å². The smallest absolute Gasteiger partial charge is 0.292 e. The van der Waals surface area contributed by atoms with Gasteiger partial charge in [-0.3, -0.25) is 14.8 Å². The highest BCUT2D eigenvalue weighted by molar-refractivity contribution is 6.43. The zero-order valence-corrected chi connectivity index (χ0v) is 18.4. The lowest BCUT2D eigenvalue weighted by Gasteiger charge is -2.24. The molecule has 3 rings (SSSR count). The summed E-state index contributed by atoms with van der Waals surface area (Å²) in [7, 11) is 0. The van der Waals surface area contributed by atoms with Crippen molar-refractivity contribution in [2.45, 2.75) is 19.1 Å². The quantitative estimate of drug-likeness (QED) is 0.130. The zero-order chi connectivity index (χ0) is 24.7. The molecular formula is C26H24N4O4. The second-order valence-corrected chi connectivity index (χ2v) is 7.63. The van der Waals surface area contributed by atoms with Gasteiger partial charge in [0.15, 0.2) is 0 Å². The van der Waals surface area contributed by atoms with Crippen molar-refractivity contribution in [1.29, 1.82) is 0 Å². The average molecular weight is 457 g/mol. The minimum Gasteiger partial charge on any atom is -0.399 e. The van der Waals surface area contributed by atoms with E-state index in [2.05, 4.69) is 16.8 Å². The van der Waals surface area contributed by atoms with E-state index in [0.29, 0.717) is 23.4 Å². The van der Waals surface area contributed by atoms with Crippen molar-refractivity contribution < 1.29 is 19.9 Å². The minimum atomic E-state index is -1.96. The van der Waals surface area contributed by atoms with Gasteiger partial charge in [-0.2, -0.15) is 0 Å². The van der Waals surface area contributed by atoms with Crippen LogP contribution in [0.4, 0.5) is 5.69 Å². The number of aliphatic hydroxyl groups is 1. The number of carbonyl (C=O) groups is 2. The molecule has 8 heteroatoms. The zero-order valence-electron chi connectivity index (χ0n) is 18.4. The molecule has 0 spiro atoms. The van der Waals surface area contributed by atoms with Crippen LogP contribution in [0.3, 0.4) is 0 Å². The summed E-state index contributed by atoms with van der Waals surface area (Å²) in [5, 5.41) is 20.2. The van der Waals surface area contributed by atoms with Crippen molar-refractivity contribution in [3.63, 3.8) is 0 Å². The van der Waals surface area contributed by atoms with Crippen molar-refractivity contribution >= 4 is 23.2 Å². The predicted octanol–water partition coefficient (Wildman–Crippen LogP) is 2.12. The Kier molecular flexibility index (Phi) is 7.56. The Morgan fingerprint density at radius 2 is 1.47 bits per heavy atom. The number of nitrogens with zero attached hydrogens (tertiary/aromatic N) is 1. The van der Waals surface area contributed by atoms with E-state index < -0.39 is 23.1 Å². The van der Waals surface area contributed by atoms with Crippen molar-refractivity contribution in [2.24, 2.45) is 10.7 Å². The summed E-state index contributed by atoms with van der Waals surface area (Å²) in [6, 6.07) is 19.9. The summed E-state index contributed by atoms with van der Waals surface area (Å²) < 4.78 is 0. The number of nitrogen functional groups attached to an aromatic ring is 1. The number of nitrogens with one attached hydrogen (secondary N) is 1. The normalized spacial score (nSPS) is 12.8. The Morgan fingerprint density at radius 3 is 1.97 bits per heavy atom. The van der Waals surface area contributed by atoms with Gasteiger partial charge in [-0.1, -0.05) is 36.1 Å². The summed E-state index contributed by atoms with van der Waals surface area (Å²) in [6.07, 6.45) is 0. The van der Waals surface area contributed by atoms with Gasteiger partial charge >= 0.3 is 0 Å². The van der Waals surface area contributed by atoms with E-state index in [1.165, 1.54) is 24.5 Å². The second kappa shape index (κ2) is 10.6. The van der Waals surface area contributed by atoms with Gasteiger partial charge in [-0.25, -0.2) is 10.5 Å². The number of benzene rings is 3. The molecule has 172 valence electrons. The van der Waals surface area contributed by atoms with Crippen LogP contribution < -0.4 is 16.9 Å². The van der Waals surface area contributed by atoms with Gasteiger partial charge in [-0.15, -0.1) is 0 Å². The van der Waals surface area contributed by atoms with Crippen LogP contribution in [0.25, 0.3) is 0 Å². The van der Waals surface area contributed by atoms with Crippen LogP contribution in [0, 0.1) is 11.8 Å². The molecule has 0 aliphatic rings. The summed E-state index contributed by atoms with van der Waals surface area (Å²) in [5.74, 6) is 4.11. The van der Waals surface area contributed by atoms with Crippen LogP contribution in [0.1, 0.15) is 39.5 Å². The highest BCUT2D eigenvalue weighted by atomic mass is 16.5. The number of hydroxylamine groups is 1. The van der Waals surface area contributed by atoms with Crippen LogP contribution in [0.5, 0.6) is 0 Å². The molecule has 8 nitrogen and oxygen atoms in total. The van der Waals surface area contributed by atoms with Gasteiger partial charge in [0.1, 0.15) is 11.3 Å². The third kappa shape index (κ3) is 5.74. The molecule has 1 unspecified atom stereocenters. The predicted molar refractivity (Wildman–Crippen MR) is 129 cm³/mol. The molecule has 3 aromatic carbocycles. The molecule has 0 aliphatic heterocycles. The number of hydrogen-bond acceptors (Lipinski definition) is 6. The van der Waals surface area contributed by atoms with Gasteiger partial charge in [0, 0.05) is 28.9 Å². The average Bonchev–Trinajstić information content (AvgIpc) is 2.86. The van der Waals surface area contributed by atoms with Crippen molar-refractivity contribution in [3.05, 3.63) is 101 Å². The molecule has 7 N–H and O–H groups in total. The van der Waals surface area contributed by atoms with E-state index in [0.717, 1.165) is 11.1 Å². The molecule has 3 aromatic rings. The fourth-order valence-corrected chi connectivity index (χ4v) is 3.11. The SMILES string of the molecule is CC(O)(C(=NC(=O)c1ccc(C#Cc2ccc(N)cc2)cc1)C(=O)NO)c1ccc(CN)cc1. The molecular weight excluding hydrogens is 432 g/mol. The van der Waals surface area contributed by atoms with Gasteiger partial charge in [-0.05, 0) is 66.6 Å². The van der Waals surface area contributed by atoms with Crippen LogP contribution in [0.2, 0.25) is 0 Å². The Morgan fingerprint density at radius 1 is 0.941 bits per heavy atom. The molecule has 0 bridgehead atoms. The molecule has 34 heavy (non-hydrogen) atoms. The maximum atomic E-state index is 12.8. The highest BCUT2D eigenvalue weighted by Gasteiger charge is 2.35. The minimum absolute atomic E-state index is 0.176. The fourth-order valence-electron chi connectivity index (χ4n) is 3.11. The number of hydrogen-bond donors (Lipinski definition) is 5. The summed E-state index contributed by atoms with van der Waals surface area (Å²) in [5.41, 5.74) is 13.6. The van der Waals surface area contributed by atoms with E-state index in [9.17, 15) is 14.7 Å². The van der Waals surface area contributed by atoms with Crippen molar-refractivity contribution in [2.75, 3.05) is 5.73 Å². The van der Waals surface area contributed by atoms with Gasteiger partial charge in [0.05, 0.1) is 0 Å². The first-order chi connectivity index (χ1) is 16.2. The molecule has 0 aliphatic carbocycles. The summed E-state index contributed by atoms with van der Waals surface area (Å²) >= 11 is 0. The summed E-state index contributed by atoms with van der Waals surface area (Å²) in [4.78, 5) is 28.8. The lowest BCUT2D eigenvalue weighted by Crippen LogP contribution is -2.43. The number of anilines is 1. The van der Waals surface area contributed by atoms with E-state index in [-0.39, 0.29) is 5.56 Å². The Balaban J connectivity index is 1.86. The molecule has 0 radical (unpaired) electrons. The number of nitrogens with two attached hydrogens (primary N) is 2. The maximum Gasteiger partial charge on any atom is 0.292 e. The van der Waals surface area contributed by atoms with Gasteiger partial charge < -0.3 is 16.6 Å². The largest absolute Gasteiger partial charge is 0.399 e. The molecule has 0 saturated heterocycles. The van der Waals surface area contributed by atoms with Gasteiger partial charge in [0.25, 0.3) is 11.8 Å². The standard InChI is InChI=1S/C26H24N4O4/c1-26(33,21-12-6-19(16-27)7-13-21)23(25(32)30-34)29-24(31)20-10-4-17(5-11-20)2-3-18-8-14-22(28)15-9-18/h4-15,33-34H,16,27-28H2,1H3,(H,30,32). The monoisotopic (exact) mass is 456 g/mol. The maximum absolute atomic E-state index is 12.8. The number of carbonyl (C=O) groups excluding carboxylic acids is 2. The highest BCUT2D eigenvalue weighted by Crippen LogP contribution is 2.24.